The molecule has 1 aliphatic rings. The van der Waals surface area contributed by atoms with Crippen LogP contribution in [0.5, 0.6) is 0 Å². The minimum absolute atomic E-state index is 0.0267. The van der Waals surface area contributed by atoms with Gasteiger partial charge in [0.15, 0.2) is 0 Å². The van der Waals surface area contributed by atoms with Gasteiger partial charge in [-0.3, -0.25) is 9.69 Å². The average molecular weight is 287 g/mol. The summed E-state index contributed by atoms with van der Waals surface area (Å²) < 4.78 is 0. The first-order chi connectivity index (χ1) is 10.0. The molecule has 1 heterocycles. The quantitative estimate of drug-likeness (QED) is 0.834. The van der Waals surface area contributed by atoms with Crippen LogP contribution in [0, 0.1) is 20.8 Å². The molecule has 0 saturated heterocycles. The summed E-state index contributed by atoms with van der Waals surface area (Å²) in [7, 11) is 0. The normalized spacial score (nSPS) is 18.8. The Balaban J connectivity index is 2.04. The fraction of sp³-hybridized carbons (Fsp3) is 0.471. The number of rotatable bonds is 4. The molecule has 1 aromatic carbocycles. The Labute approximate surface area is 127 Å². The fourth-order valence-electron chi connectivity index (χ4n) is 2.95. The van der Waals surface area contributed by atoms with Crippen LogP contribution in [0.4, 0.5) is 5.69 Å². The Bertz CT molecular complexity index is 528. The lowest BCUT2D eigenvalue weighted by Crippen LogP contribution is -2.45. The van der Waals surface area contributed by atoms with Gasteiger partial charge in [0.1, 0.15) is 0 Å². The lowest BCUT2D eigenvalue weighted by atomic mass is 10.0. The van der Waals surface area contributed by atoms with Crippen LogP contribution >= 0.6 is 0 Å². The molecule has 0 radical (unpaired) electrons. The van der Waals surface area contributed by atoms with E-state index in [1.165, 1.54) is 5.56 Å². The molecule has 0 fully saturated rings. The number of benzene rings is 1. The summed E-state index contributed by atoms with van der Waals surface area (Å²) in [5, 5.41) is 3.05. The van der Waals surface area contributed by atoms with Gasteiger partial charge in [-0.15, -0.1) is 0 Å². The van der Waals surface area contributed by atoms with Gasteiger partial charge in [-0.2, -0.15) is 0 Å². The molecule has 3 N–H and O–H groups in total. The van der Waals surface area contributed by atoms with E-state index in [2.05, 4.69) is 41.4 Å². The number of aryl methyl sites for hydroxylation is 3. The molecule has 1 atom stereocenters. The first-order valence-corrected chi connectivity index (χ1v) is 7.49. The molecular weight excluding hydrogens is 262 g/mol. The highest BCUT2D eigenvalue weighted by Gasteiger charge is 2.20. The van der Waals surface area contributed by atoms with E-state index in [1.807, 2.05) is 13.8 Å². The fourth-order valence-corrected chi connectivity index (χ4v) is 2.95. The van der Waals surface area contributed by atoms with Gasteiger partial charge in [-0.25, -0.2) is 0 Å². The van der Waals surface area contributed by atoms with Crippen LogP contribution in [-0.4, -0.2) is 36.5 Å². The minimum atomic E-state index is 0.0267. The van der Waals surface area contributed by atoms with Crippen LogP contribution in [0.25, 0.3) is 0 Å². The van der Waals surface area contributed by atoms with Gasteiger partial charge in [0.25, 0.3) is 0 Å². The zero-order valence-electron chi connectivity index (χ0n) is 13.1. The topological polar surface area (TPSA) is 58.4 Å². The van der Waals surface area contributed by atoms with E-state index >= 15 is 0 Å². The number of nitrogens with two attached hydrogens (primary N) is 1. The monoisotopic (exact) mass is 287 g/mol. The number of amides is 1. The summed E-state index contributed by atoms with van der Waals surface area (Å²) in [6, 6.07) is 4.36. The highest BCUT2D eigenvalue weighted by atomic mass is 16.2. The zero-order valence-corrected chi connectivity index (χ0v) is 13.1. The molecule has 1 aliphatic heterocycles. The van der Waals surface area contributed by atoms with E-state index < -0.39 is 0 Å². The minimum Gasteiger partial charge on any atom is -0.329 e. The van der Waals surface area contributed by atoms with Gasteiger partial charge < -0.3 is 11.1 Å². The van der Waals surface area contributed by atoms with Crippen molar-refractivity contribution in [3.8, 4) is 0 Å². The van der Waals surface area contributed by atoms with E-state index in [0.29, 0.717) is 13.1 Å². The van der Waals surface area contributed by atoms with Gasteiger partial charge in [-0.05, 0) is 38.3 Å². The number of hydrogen-bond donors (Lipinski definition) is 2. The van der Waals surface area contributed by atoms with Crippen LogP contribution in [-0.2, 0) is 4.79 Å². The second kappa shape index (κ2) is 6.87. The summed E-state index contributed by atoms with van der Waals surface area (Å²) >= 11 is 0. The molecule has 0 bridgehead atoms. The molecule has 0 spiro atoms. The van der Waals surface area contributed by atoms with Gasteiger partial charge in [0, 0.05) is 24.8 Å². The molecule has 1 amide bonds. The van der Waals surface area contributed by atoms with Crippen molar-refractivity contribution < 1.29 is 4.79 Å². The SMILES string of the molecule is Cc1cc(C)c(NC(=O)CN2CCC=CC2CN)c(C)c1. The molecule has 114 valence electrons. The average Bonchev–Trinajstić information content (AvgIpc) is 2.43. The number of carbonyl (C=O) groups excluding carboxylic acids is 1. The van der Waals surface area contributed by atoms with Crippen molar-refractivity contribution in [2.45, 2.75) is 33.2 Å². The Hall–Kier alpha value is -1.65. The third-order valence-corrected chi connectivity index (χ3v) is 3.94. The van der Waals surface area contributed by atoms with E-state index in [1.54, 1.807) is 0 Å². The van der Waals surface area contributed by atoms with Gasteiger partial charge in [-0.1, -0.05) is 29.8 Å². The molecule has 0 aliphatic carbocycles. The number of carbonyl (C=O) groups is 1. The number of nitrogens with one attached hydrogen (secondary N) is 1. The number of anilines is 1. The third kappa shape index (κ3) is 3.93. The van der Waals surface area contributed by atoms with Crippen molar-refractivity contribution in [1.82, 2.24) is 4.90 Å². The van der Waals surface area contributed by atoms with Crippen molar-refractivity contribution in [3.05, 3.63) is 41.0 Å². The third-order valence-electron chi connectivity index (χ3n) is 3.94. The van der Waals surface area contributed by atoms with Crippen molar-refractivity contribution in [2.75, 3.05) is 25.0 Å². The predicted molar refractivity (Wildman–Crippen MR) is 87.5 cm³/mol. The van der Waals surface area contributed by atoms with Crippen LogP contribution in [0.1, 0.15) is 23.1 Å². The molecule has 4 heteroatoms. The van der Waals surface area contributed by atoms with E-state index in [-0.39, 0.29) is 11.9 Å². The highest BCUT2D eigenvalue weighted by molar-refractivity contribution is 5.93. The molecular formula is C17H25N3O. The molecule has 0 aromatic heterocycles. The Morgan fingerprint density at radius 3 is 2.62 bits per heavy atom. The van der Waals surface area contributed by atoms with Crippen LogP contribution in [0.15, 0.2) is 24.3 Å². The lowest BCUT2D eigenvalue weighted by molar-refractivity contribution is -0.117. The summed E-state index contributed by atoms with van der Waals surface area (Å²) in [4.78, 5) is 14.4. The summed E-state index contributed by atoms with van der Waals surface area (Å²) in [6.45, 7) is 7.95. The molecule has 2 rings (SSSR count). The van der Waals surface area contributed by atoms with Crippen LogP contribution in [0.3, 0.4) is 0 Å². The number of nitrogens with zero attached hydrogens (tertiary/aromatic N) is 1. The maximum atomic E-state index is 12.3. The molecule has 21 heavy (non-hydrogen) atoms. The van der Waals surface area contributed by atoms with Gasteiger partial charge >= 0.3 is 0 Å². The lowest BCUT2D eigenvalue weighted by Gasteiger charge is -2.30. The molecule has 0 saturated carbocycles. The number of hydrogen-bond acceptors (Lipinski definition) is 3. The first kappa shape index (κ1) is 15.7. The van der Waals surface area contributed by atoms with E-state index in [4.69, 9.17) is 5.73 Å². The second-order valence-corrected chi connectivity index (χ2v) is 5.81. The van der Waals surface area contributed by atoms with Crippen molar-refractivity contribution in [3.63, 3.8) is 0 Å². The largest absolute Gasteiger partial charge is 0.329 e. The van der Waals surface area contributed by atoms with Gasteiger partial charge in [0.05, 0.1) is 6.54 Å². The Kier molecular flexibility index (Phi) is 5.15. The Morgan fingerprint density at radius 2 is 2.00 bits per heavy atom. The maximum Gasteiger partial charge on any atom is 0.238 e. The van der Waals surface area contributed by atoms with Crippen molar-refractivity contribution >= 4 is 11.6 Å². The Morgan fingerprint density at radius 1 is 1.33 bits per heavy atom. The maximum absolute atomic E-state index is 12.3. The van der Waals surface area contributed by atoms with Crippen molar-refractivity contribution in [2.24, 2.45) is 5.73 Å². The van der Waals surface area contributed by atoms with Crippen molar-refractivity contribution in [1.29, 1.82) is 0 Å². The summed E-state index contributed by atoms with van der Waals surface area (Å²) in [5.74, 6) is 0.0267. The summed E-state index contributed by atoms with van der Waals surface area (Å²) in [5.41, 5.74) is 10.1. The molecule has 4 nitrogen and oxygen atoms in total. The first-order valence-electron chi connectivity index (χ1n) is 7.49. The van der Waals surface area contributed by atoms with Crippen LogP contribution < -0.4 is 11.1 Å². The summed E-state index contributed by atoms with van der Waals surface area (Å²) in [6.07, 6.45) is 5.21. The van der Waals surface area contributed by atoms with Gasteiger partial charge in [0.2, 0.25) is 5.91 Å². The highest BCUT2D eigenvalue weighted by Crippen LogP contribution is 2.22. The molecule has 1 aromatic rings. The van der Waals surface area contributed by atoms with E-state index in [0.717, 1.165) is 29.8 Å². The standard InChI is InChI=1S/C17H25N3O/c1-12-8-13(2)17(14(3)9-12)19-16(21)11-20-7-5-4-6-15(20)10-18/h4,6,8-9,15H,5,7,10-11,18H2,1-3H3,(H,19,21). The predicted octanol–water partition coefficient (Wildman–Crippen LogP) is 2.14. The van der Waals surface area contributed by atoms with Crippen LogP contribution in [0.2, 0.25) is 0 Å². The smallest absolute Gasteiger partial charge is 0.238 e. The second-order valence-electron chi connectivity index (χ2n) is 5.81. The molecule has 1 unspecified atom stereocenters. The zero-order chi connectivity index (χ0) is 15.4. The van der Waals surface area contributed by atoms with E-state index in [9.17, 15) is 4.79 Å².